The van der Waals surface area contributed by atoms with E-state index in [1.54, 1.807) is 19.1 Å². The molecule has 0 radical (unpaired) electrons. The standard InChI is InChI=1S/C29H35F2N5O5/c1-2-21-24(29(40)41)23(18-9-8-17(30)16-20(18)31)25(28(39)34-21)27(38)33-10-5-11-35-12-14-36(15-13-35)22-7-4-3-6-19(22)26(32)37/h3-4,6-9,16,21,23-25H,2,5,10-15H2,1H3,(H2,32,37)(H,33,38)(H,34,39)(H,40,41). The van der Waals surface area contributed by atoms with Gasteiger partial charge in [-0.3, -0.25) is 24.1 Å². The van der Waals surface area contributed by atoms with Crippen molar-refractivity contribution in [3.63, 3.8) is 0 Å². The number of carboxylic acids is 1. The van der Waals surface area contributed by atoms with Gasteiger partial charge in [-0.2, -0.15) is 0 Å². The van der Waals surface area contributed by atoms with E-state index in [1.807, 2.05) is 12.1 Å². The molecule has 220 valence electrons. The third kappa shape index (κ3) is 6.64. The van der Waals surface area contributed by atoms with Crippen LogP contribution in [-0.2, 0) is 14.4 Å². The van der Waals surface area contributed by atoms with Crippen LogP contribution >= 0.6 is 0 Å². The Bertz CT molecular complexity index is 1300. The lowest BCUT2D eigenvalue weighted by Crippen LogP contribution is -2.59. The van der Waals surface area contributed by atoms with E-state index < -0.39 is 59.1 Å². The van der Waals surface area contributed by atoms with Gasteiger partial charge in [0.2, 0.25) is 11.8 Å². The number of nitrogens with zero attached hydrogens (tertiary/aromatic N) is 2. The number of piperidine rings is 1. The molecule has 4 unspecified atom stereocenters. The molecule has 0 aromatic heterocycles. The quantitative estimate of drug-likeness (QED) is 0.251. The minimum atomic E-state index is -1.49. The Balaban J connectivity index is 1.37. The van der Waals surface area contributed by atoms with Gasteiger partial charge in [-0.15, -0.1) is 0 Å². The smallest absolute Gasteiger partial charge is 0.309 e. The van der Waals surface area contributed by atoms with Gasteiger partial charge in [0.25, 0.3) is 5.91 Å². The lowest BCUT2D eigenvalue weighted by molar-refractivity contribution is -0.150. The van der Waals surface area contributed by atoms with Crippen LogP contribution < -0.4 is 21.3 Å². The van der Waals surface area contributed by atoms with E-state index in [2.05, 4.69) is 20.4 Å². The zero-order valence-corrected chi connectivity index (χ0v) is 22.8. The molecular weight excluding hydrogens is 536 g/mol. The summed E-state index contributed by atoms with van der Waals surface area (Å²) in [6, 6.07) is 9.12. The highest BCUT2D eigenvalue weighted by Crippen LogP contribution is 2.40. The highest BCUT2D eigenvalue weighted by molar-refractivity contribution is 6.03. The van der Waals surface area contributed by atoms with Gasteiger partial charge in [-0.1, -0.05) is 25.1 Å². The summed E-state index contributed by atoms with van der Waals surface area (Å²) in [5.74, 6) is -9.06. The van der Waals surface area contributed by atoms with Crippen molar-refractivity contribution in [2.24, 2.45) is 17.6 Å². The Morgan fingerprint density at radius 1 is 1.10 bits per heavy atom. The summed E-state index contributed by atoms with van der Waals surface area (Å²) in [4.78, 5) is 54.6. The summed E-state index contributed by atoms with van der Waals surface area (Å²) < 4.78 is 28.5. The van der Waals surface area contributed by atoms with E-state index in [1.165, 1.54) is 0 Å². The van der Waals surface area contributed by atoms with Crippen molar-refractivity contribution < 1.29 is 33.1 Å². The van der Waals surface area contributed by atoms with Crippen molar-refractivity contribution >= 4 is 29.4 Å². The molecule has 2 aromatic carbocycles. The summed E-state index contributed by atoms with van der Waals surface area (Å²) in [6.45, 7) is 5.43. The monoisotopic (exact) mass is 571 g/mol. The van der Waals surface area contributed by atoms with Crippen molar-refractivity contribution in [2.75, 3.05) is 44.2 Å². The fourth-order valence-electron chi connectivity index (χ4n) is 5.89. The molecule has 0 spiro atoms. The number of carboxylic acid groups (broad SMARTS) is 1. The third-order valence-electron chi connectivity index (χ3n) is 7.95. The Morgan fingerprint density at radius 2 is 1.80 bits per heavy atom. The highest BCUT2D eigenvalue weighted by Gasteiger charge is 2.51. The SMILES string of the molecule is CCC1NC(=O)C(C(=O)NCCCN2CCN(c3ccccc3C(N)=O)CC2)C(c2ccc(F)cc2F)C1C(=O)O. The Morgan fingerprint density at radius 3 is 2.44 bits per heavy atom. The van der Waals surface area contributed by atoms with Crippen molar-refractivity contribution in [1.29, 1.82) is 0 Å². The van der Waals surface area contributed by atoms with Gasteiger partial charge >= 0.3 is 5.97 Å². The topological polar surface area (TPSA) is 145 Å². The normalized spacial score (nSPS) is 23.1. The molecule has 3 amide bonds. The lowest BCUT2D eigenvalue weighted by Gasteiger charge is -2.40. The Labute approximate surface area is 236 Å². The predicted octanol–water partition coefficient (Wildman–Crippen LogP) is 1.70. The van der Waals surface area contributed by atoms with Crippen LogP contribution in [0.15, 0.2) is 42.5 Å². The first-order valence-corrected chi connectivity index (χ1v) is 13.7. The summed E-state index contributed by atoms with van der Waals surface area (Å²) in [5, 5.41) is 15.3. The Hall–Kier alpha value is -4.06. The molecule has 10 nitrogen and oxygen atoms in total. The Kier molecular flexibility index (Phi) is 9.53. The first-order valence-electron chi connectivity index (χ1n) is 13.7. The predicted molar refractivity (Wildman–Crippen MR) is 147 cm³/mol. The fraction of sp³-hybridized carbons (Fsp3) is 0.448. The maximum Gasteiger partial charge on any atom is 0.309 e. The van der Waals surface area contributed by atoms with Crippen molar-refractivity contribution in [1.82, 2.24) is 15.5 Å². The molecule has 41 heavy (non-hydrogen) atoms. The number of carbonyl (C=O) groups is 4. The van der Waals surface area contributed by atoms with Crippen LogP contribution in [0.4, 0.5) is 14.5 Å². The maximum atomic E-state index is 14.8. The van der Waals surface area contributed by atoms with Crippen molar-refractivity contribution in [2.45, 2.75) is 31.7 Å². The number of halogens is 2. The van der Waals surface area contributed by atoms with Gasteiger partial charge in [0.1, 0.15) is 17.6 Å². The summed E-state index contributed by atoms with van der Waals surface area (Å²) in [6.07, 6.45) is 0.825. The van der Waals surface area contributed by atoms with Crippen LogP contribution in [0.25, 0.3) is 0 Å². The number of aliphatic carboxylic acids is 1. The molecule has 5 N–H and O–H groups in total. The van der Waals surface area contributed by atoms with Crippen molar-refractivity contribution in [3.8, 4) is 0 Å². The van der Waals surface area contributed by atoms with E-state index in [-0.39, 0.29) is 18.5 Å². The van der Waals surface area contributed by atoms with E-state index in [0.29, 0.717) is 37.7 Å². The number of para-hydroxylation sites is 1. The number of nitrogens with one attached hydrogen (secondary N) is 2. The lowest BCUT2D eigenvalue weighted by atomic mass is 9.69. The van der Waals surface area contributed by atoms with Crippen LogP contribution in [0.2, 0.25) is 0 Å². The largest absolute Gasteiger partial charge is 0.481 e. The number of anilines is 1. The van der Waals surface area contributed by atoms with Gasteiger partial charge in [0.15, 0.2) is 0 Å². The van der Waals surface area contributed by atoms with Gasteiger partial charge in [-0.05, 0) is 43.1 Å². The second-order valence-corrected chi connectivity index (χ2v) is 10.4. The third-order valence-corrected chi connectivity index (χ3v) is 7.95. The summed E-state index contributed by atoms with van der Waals surface area (Å²) in [5.41, 5.74) is 6.61. The van der Waals surface area contributed by atoms with Crippen LogP contribution in [0.5, 0.6) is 0 Å². The number of amides is 3. The van der Waals surface area contributed by atoms with Crippen molar-refractivity contribution in [3.05, 3.63) is 65.2 Å². The molecular formula is C29H35F2N5O5. The van der Waals surface area contributed by atoms with Crippen LogP contribution in [0.1, 0.15) is 41.6 Å². The summed E-state index contributed by atoms with van der Waals surface area (Å²) >= 11 is 0. The minimum Gasteiger partial charge on any atom is -0.481 e. The van der Waals surface area contributed by atoms with E-state index in [9.17, 15) is 33.1 Å². The van der Waals surface area contributed by atoms with Gasteiger partial charge < -0.3 is 26.4 Å². The minimum absolute atomic E-state index is 0.178. The fourth-order valence-corrected chi connectivity index (χ4v) is 5.89. The van der Waals surface area contributed by atoms with E-state index in [4.69, 9.17) is 5.73 Å². The van der Waals surface area contributed by atoms with Gasteiger partial charge in [0, 0.05) is 56.4 Å². The number of rotatable bonds is 10. The van der Waals surface area contributed by atoms with E-state index >= 15 is 0 Å². The van der Waals surface area contributed by atoms with E-state index in [0.717, 1.165) is 30.9 Å². The first-order chi connectivity index (χ1) is 19.6. The molecule has 2 aliphatic rings. The molecule has 0 aliphatic carbocycles. The second kappa shape index (κ2) is 13.1. The van der Waals surface area contributed by atoms with Crippen LogP contribution in [0, 0.1) is 23.5 Å². The number of carbonyl (C=O) groups excluding carboxylic acids is 3. The number of hydrogen-bond acceptors (Lipinski definition) is 6. The molecule has 2 saturated heterocycles. The molecule has 2 fully saturated rings. The van der Waals surface area contributed by atoms with Crippen LogP contribution in [0.3, 0.4) is 0 Å². The summed E-state index contributed by atoms with van der Waals surface area (Å²) in [7, 11) is 0. The zero-order valence-electron chi connectivity index (χ0n) is 22.8. The number of primary amides is 1. The maximum absolute atomic E-state index is 14.8. The molecule has 0 saturated carbocycles. The molecule has 0 bridgehead atoms. The first kappa shape index (κ1) is 29.9. The molecule has 2 aliphatic heterocycles. The molecule has 4 atom stereocenters. The average molecular weight is 572 g/mol. The number of benzene rings is 2. The number of nitrogens with two attached hydrogens (primary N) is 1. The van der Waals surface area contributed by atoms with Gasteiger partial charge in [0.05, 0.1) is 11.5 Å². The zero-order chi connectivity index (χ0) is 29.7. The number of piperazine rings is 1. The molecule has 12 heteroatoms. The average Bonchev–Trinajstić information content (AvgIpc) is 2.94. The van der Waals surface area contributed by atoms with Crippen LogP contribution in [-0.4, -0.2) is 79.0 Å². The molecule has 2 aromatic rings. The highest BCUT2D eigenvalue weighted by atomic mass is 19.1. The second-order valence-electron chi connectivity index (χ2n) is 10.4. The van der Waals surface area contributed by atoms with Gasteiger partial charge in [-0.25, -0.2) is 8.78 Å². The molecule has 4 rings (SSSR count). The number of hydrogen-bond donors (Lipinski definition) is 4. The molecule has 2 heterocycles.